The van der Waals surface area contributed by atoms with Gasteiger partial charge in [-0.15, -0.1) is 0 Å². The second kappa shape index (κ2) is 7.62. The van der Waals surface area contributed by atoms with Crippen LogP contribution < -0.4 is 11.1 Å². The number of benzene rings is 1. The second-order valence-electron chi connectivity index (χ2n) is 6.12. The third kappa shape index (κ3) is 6.82. The van der Waals surface area contributed by atoms with Crippen LogP contribution in [0, 0.1) is 0 Å². The first-order valence-corrected chi connectivity index (χ1v) is 7.19. The van der Waals surface area contributed by atoms with Gasteiger partial charge < -0.3 is 20.9 Å². The van der Waals surface area contributed by atoms with Crippen molar-refractivity contribution in [3.05, 3.63) is 29.8 Å². The van der Waals surface area contributed by atoms with Gasteiger partial charge in [-0.05, 0) is 39.3 Å². The fourth-order valence-electron chi connectivity index (χ4n) is 1.85. The summed E-state index contributed by atoms with van der Waals surface area (Å²) in [4.78, 5) is 27.4. The molecule has 1 aromatic carbocycles. The van der Waals surface area contributed by atoms with Gasteiger partial charge in [-0.3, -0.25) is 0 Å². The van der Waals surface area contributed by atoms with Crippen molar-refractivity contribution in [2.45, 2.75) is 45.8 Å². The van der Waals surface area contributed by atoms with Gasteiger partial charge in [0.2, 0.25) is 0 Å². The molecule has 0 heterocycles. The van der Waals surface area contributed by atoms with Gasteiger partial charge in [0.1, 0.15) is 11.6 Å². The standard InChI is InChI=1S/C16H23N3O4/c1-10(17)18-12-8-6-5-7-11(12)9-13(14(20)21)19-15(22)23-16(2,3)4/h5-8,13H,9H2,1-4H3,(H2,17,18)(H,19,22)(H,20,21). The Bertz CT molecular complexity index is 602. The summed E-state index contributed by atoms with van der Waals surface area (Å²) >= 11 is 0. The minimum absolute atomic E-state index is 0.0710. The van der Waals surface area contributed by atoms with Crippen LogP contribution in [-0.4, -0.2) is 34.6 Å². The zero-order valence-corrected chi connectivity index (χ0v) is 13.8. The lowest BCUT2D eigenvalue weighted by Gasteiger charge is -2.22. The summed E-state index contributed by atoms with van der Waals surface area (Å²) in [7, 11) is 0. The van der Waals surface area contributed by atoms with E-state index in [-0.39, 0.29) is 6.42 Å². The molecule has 126 valence electrons. The van der Waals surface area contributed by atoms with Crippen LogP contribution in [0.3, 0.4) is 0 Å². The van der Waals surface area contributed by atoms with Crippen molar-refractivity contribution < 1.29 is 19.4 Å². The molecule has 0 spiro atoms. The van der Waals surface area contributed by atoms with E-state index < -0.39 is 23.7 Å². The van der Waals surface area contributed by atoms with Crippen molar-refractivity contribution in [1.82, 2.24) is 5.32 Å². The third-order valence-electron chi connectivity index (χ3n) is 2.70. The maximum Gasteiger partial charge on any atom is 0.408 e. The highest BCUT2D eigenvalue weighted by molar-refractivity contribution is 5.82. The SMILES string of the molecule is CC(N)=Nc1ccccc1CC(NC(=O)OC(C)(C)C)C(=O)O. The summed E-state index contributed by atoms with van der Waals surface area (Å²) in [6.45, 7) is 6.76. The largest absolute Gasteiger partial charge is 0.480 e. The Morgan fingerprint density at radius 1 is 1.35 bits per heavy atom. The van der Waals surface area contributed by atoms with E-state index in [9.17, 15) is 14.7 Å². The molecular weight excluding hydrogens is 298 g/mol. The Hall–Kier alpha value is -2.57. The van der Waals surface area contributed by atoms with Crippen LogP contribution in [0.25, 0.3) is 0 Å². The number of ether oxygens (including phenoxy) is 1. The normalized spacial score (nSPS) is 13.3. The van der Waals surface area contributed by atoms with Gasteiger partial charge >= 0.3 is 12.1 Å². The Morgan fingerprint density at radius 2 is 1.96 bits per heavy atom. The summed E-state index contributed by atoms with van der Waals surface area (Å²) in [6.07, 6.45) is -0.706. The van der Waals surface area contributed by atoms with Crippen LogP contribution >= 0.6 is 0 Å². The number of rotatable bonds is 5. The highest BCUT2D eigenvalue weighted by Crippen LogP contribution is 2.20. The molecule has 0 saturated carbocycles. The van der Waals surface area contributed by atoms with E-state index >= 15 is 0 Å². The predicted octanol–water partition coefficient (Wildman–Crippen LogP) is 2.22. The molecule has 0 radical (unpaired) electrons. The average Bonchev–Trinajstić information content (AvgIpc) is 2.37. The van der Waals surface area contributed by atoms with E-state index in [1.807, 2.05) is 0 Å². The van der Waals surface area contributed by atoms with Crippen LogP contribution in [0.4, 0.5) is 10.5 Å². The fraction of sp³-hybridized carbons (Fsp3) is 0.438. The van der Waals surface area contributed by atoms with Crippen LogP contribution in [-0.2, 0) is 16.0 Å². The number of carbonyl (C=O) groups excluding carboxylic acids is 1. The maximum absolute atomic E-state index is 11.8. The van der Waals surface area contributed by atoms with Crippen LogP contribution in [0.15, 0.2) is 29.3 Å². The topological polar surface area (TPSA) is 114 Å². The molecule has 0 bridgehead atoms. The summed E-state index contributed by atoms with van der Waals surface area (Å²) < 4.78 is 5.09. The Kier molecular flexibility index (Phi) is 6.12. The Balaban J connectivity index is 2.92. The maximum atomic E-state index is 11.8. The molecule has 1 rings (SSSR count). The van der Waals surface area contributed by atoms with E-state index in [0.29, 0.717) is 17.1 Å². The summed E-state index contributed by atoms with van der Waals surface area (Å²) in [5.74, 6) is -0.788. The number of carboxylic acids is 1. The van der Waals surface area contributed by atoms with Gasteiger partial charge in [-0.2, -0.15) is 0 Å². The molecule has 7 heteroatoms. The zero-order chi connectivity index (χ0) is 17.6. The van der Waals surface area contributed by atoms with E-state index in [2.05, 4.69) is 10.3 Å². The number of nitrogens with one attached hydrogen (secondary N) is 1. The zero-order valence-electron chi connectivity index (χ0n) is 13.8. The molecule has 4 N–H and O–H groups in total. The number of nitrogens with two attached hydrogens (primary N) is 1. The highest BCUT2D eigenvalue weighted by Gasteiger charge is 2.24. The van der Waals surface area contributed by atoms with E-state index in [1.165, 1.54) is 0 Å². The number of hydrogen-bond donors (Lipinski definition) is 3. The predicted molar refractivity (Wildman–Crippen MR) is 87.9 cm³/mol. The van der Waals surface area contributed by atoms with Gasteiger partial charge in [-0.25, -0.2) is 14.6 Å². The van der Waals surface area contributed by atoms with Crippen LogP contribution in [0.1, 0.15) is 33.3 Å². The van der Waals surface area contributed by atoms with Gasteiger partial charge in [0, 0.05) is 6.42 Å². The summed E-state index contributed by atoms with van der Waals surface area (Å²) in [5, 5.41) is 11.7. The molecule has 0 aliphatic rings. The minimum atomic E-state index is -1.15. The molecule has 0 aliphatic heterocycles. The van der Waals surface area contributed by atoms with E-state index in [4.69, 9.17) is 10.5 Å². The third-order valence-corrected chi connectivity index (χ3v) is 2.70. The van der Waals surface area contributed by atoms with Gasteiger partial charge in [0.15, 0.2) is 0 Å². The van der Waals surface area contributed by atoms with Crippen molar-refractivity contribution in [2.75, 3.05) is 0 Å². The Labute approximate surface area is 135 Å². The molecule has 23 heavy (non-hydrogen) atoms. The minimum Gasteiger partial charge on any atom is -0.480 e. The van der Waals surface area contributed by atoms with Crippen molar-refractivity contribution in [3.63, 3.8) is 0 Å². The van der Waals surface area contributed by atoms with Gasteiger partial charge in [0.05, 0.1) is 11.5 Å². The molecule has 0 saturated heterocycles. The lowest BCUT2D eigenvalue weighted by molar-refractivity contribution is -0.139. The van der Waals surface area contributed by atoms with Crippen LogP contribution in [0.5, 0.6) is 0 Å². The first kappa shape index (κ1) is 18.5. The average molecular weight is 321 g/mol. The number of aliphatic carboxylic acids is 1. The van der Waals surface area contributed by atoms with Gasteiger partial charge in [0.25, 0.3) is 0 Å². The molecule has 0 aliphatic carbocycles. The number of nitrogens with zero attached hydrogens (tertiary/aromatic N) is 1. The highest BCUT2D eigenvalue weighted by atomic mass is 16.6. The first-order chi connectivity index (χ1) is 10.6. The summed E-state index contributed by atoms with van der Waals surface area (Å²) in [6, 6.07) is 5.90. The number of carbonyl (C=O) groups is 2. The number of hydrogen-bond acceptors (Lipinski definition) is 4. The fourth-order valence-corrected chi connectivity index (χ4v) is 1.85. The quantitative estimate of drug-likeness (QED) is 0.568. The molecule has 1 atom stereocenters. The molecule has 1 aromatic rings. The monoisotopic (exact) mass is 321 g/mol. The van der Waals surface area contributed by atoms with Crippen molar-refractivity contribution in [2.24, 2.45) is 10.7 Å². The van der Waals surface area contributed by atoms with E-state index in [0.717, 1.165) is 0 Å². The number of aliphatic imine (C=N–C) groups is 1. The van der Waals surface area contributed by atoms with Gasteiger partial charge in [-0.1, -0.05) is 18.2 Å². The first-order valence-electron chi connectivity index (χ1n) is 7.19. The summed E-state index contributed by atoms with van der Waals surface area (Å²) in [5.41, 5.74) is 6.12. The number of amides is 1. The molecular formula is C16H23N3O4. The molecule has 7 nitrogen and oxygen atoms in total. The molecule has 1 unspecified atom stereocenters. The number of carboxylic acid groups (broad SMARTS) is 1. The van der Waals surface area contributed by atoms with Crippen LogP contribution in [0.2, 0.25) is 0 Å². The Morgan fingerprint density at radius 3 is 2.48 bits per heavy atom. The van der Waals surface area contributed by atoms with Crippen molar-refractivity contribution in [1.29, 1.82) is 0 Å². The molecule has 0 fully saturated rings. The molecule has 0 aromatic heterocycles. The lowest BCUT2D eigenvalue weighted by Crippen LogP contribution is -2.44. The second-order valence-corrected chi connectivity index (χ2v) is 6.12. The van der Waals surface area contributed by atoms with Crippen molar-refractivity contribution in [3.8, 4) is 0 Å². The number of amidine groups is 1. The smallest absolute Gasteiger partial charge is 0.408 e. The number of alkyl carbamates (subject to hydrolysis) is 1. The number of para-hydroxylation sites is 1. The van der Waals surface area contributed by atoms with Crippen molar-refractivity contribution >= 4 is 23.6 Å². The lowest BCUT2D eigenvalue weighted by atomic mass is 10.0. The molecule has 1 amide bonds. The van der Waals surface area contributed by atoms with E-state index in [1.54, 1.807) is 52.0 Å².